The Balaban J connectivity index is 1.08. The van der Waals surface area contributed by atoms with Gasteiger partial charge in [0, 0.05) is 51.4 Å². The van der Waals surface area contributed by atoms with Crippen molar-refractivity contribution in [2.75, 3.05) is 54.8 Å². The lowest BCUT2D eigenvalue weighted by Gasteiger charge is -2.49. The summed E-state index contributed by atoms with van der Waals surface area (Å²) in [4.78, 5) is 27.9. The zero-order valence-corrected chi connectivity index (χ0v) is 23.1. The van der Waals surface area contributed by atoms with Crippen molar-refractivity contribution in [3.05, 3.63) is 34.6 Å². The smallest absolute Gasteiger partial charge is 0.247 e. The number of carbonyl (C=O) groups excluding carboxylic acids is 1. The Morgan fingerprint density at radius 2 is 1.88 bits per heavy atom. The molecule has 7 rings (SSSR count). The molecule has 2 aliphatic heterocycles. The number of amides is 1. The average Bonchev–Trinajstić information content (AvgIpc) is 3.88. The molecule has 1 aromatic carbocycles. The fourth-order valence-corrected chi connectivity index (χ4v) is 5.76. The first-order chi connectivity index (χ1) is 19.8. The van der Waals surface area contributed by atoms with Crippen molar-refractivity contribution in [2.24, 2.45) is 5.73 Å². The van der Waals surface area contributed by atoms with Gasteiger partial charge in [0.15, 0.2) is 17.2 Å². The fourth-order valence-electron chi connectivity index (χ4n) is 5.49. The van der Waals surface area contributed by atoms with Crippen molar-refractivity contribution in [2.45, 2.75) is 43.3 Å². The lowest BCUT2D eigenvalue weighted by Crippen LogP contribution is -2.66. The molecule has 0 spiro atoms. The third kappa shape index (κ3) is 4.76. The molecule has 13 nitrogen and oxygen atoms in total. The van der Waals surface area contributed by atoms with E-state index in [2.05, 4.69) is 47.6 Å². The van der Waals surface area contributed by atoms with Crippen LogP contribution in [-0.2, 0) is 4.79 Å². The van der Waals surface area contributed by atoms with E-state index in [1.165, 1.54) is 10.7 Å². The molecule has 0 atom stereocenters. The number of nitrogens with zero attached hydrogens (tertiary/aromatic N) is 9. The lowest BCUT2D eigenvalue weighted by atomic mass is 10.0. The van der Waals surface area contributed by atoms with Crippen LogP contribution in [0.4, 0.5) is 23.1 Å². The van der Waals surface area contributed by atoms with Crippen LogP contribution in [0.2, 0.25) is 5.02 Å². The monoisotopic (exact) mass is 572 g/mol. The van der Waals surface area contributed by atoms with E-state index >= 15 is 0 Å². The van der Waals surface area contributed by atoms with E-state index in [-0.39, 0.29) is 17.5 Å². The van der Waals surface area contributed by atoms with Gasteiger partial charge in [-0.1, -0.05) is 11.6 Å². The molecular weight excluding hydrogens is 544 g/mol. The Hall–Kier alpha value is -4.17. The highest BCUT2D eigenvalue weighted by Gasteiger charge is 2.51. The largest absolute Gasteiger partial charge is 0.368 e. The molecule has 41 heavy (non-hydrogen) atoms. The van der Waals surface area contributed by atoms with Gasteiger partial charge in [0.2, 0.25) is 11.9 Å². The lowest BCUT2D eigenvalue weighted by molar-refractivity contribution is -0.141. The number of hydrogen-bond donors (Lipinski definition) is 3. The summed E-state index contributed by atoms with van der Waals surface area (Å²) in [7, 11) is 0. The van der Waals surface area contributed by atoms with Crippen LogP contribution in [-0.4, -0.2) is 92.2 Å². The van der Waals surface area contributed by atoms with Gasteiger partial charge in [0.25, 0.3) is 0 Å². The van der Waals surface area contributed by atoms with Gasteiger partial charge >= 0.3 is 0 Å². The minimum Gasteiger partial charge on any atom is -0.368 e. The van der Waals surface area contributed by atoms with E-state index in [1.54, 1.807) is 12.1 Å². The molecule has 0 radical (unpaired) electrons. The van der Waals surface area contributed by atoms with E-state index in [1.807, 2.05) is 4.90 Å². The first kappa shape index (κ1) is 25.8. The number of anilines is 4. The summed E-state index contributed by atoms with van der Waals surface area (Å²) >= 11 is 6.92. The summed E-state index contributed by atoms with van der Waals surface area (Å²) in [6.07, 6.45) is 5.13. The van der Waals surface area contributed by atoms with Gasteiger partial charge in [-0.3, -0.25) is 9.69 Å². The minimum absolute atomic E-state index is 0.0861. The molecule has 4 N–H and O–H groups in total. The molecule has 3 aromatic rings. The molecular formula is C27H29ClN12O. The normalized spacial score (nSPS) is 20.3. The number of nitriles is 2. The van der Waals surface area contributed by atoms with Crippen molar-refractivity contribution in [1.82, 2.24) is 29.4 Å². The fraction of sp³-hybridized carbons (Fsp3) is 0.481. The molecule has 2 saturated carbocycles. The molecule has 4 heterocycles. The first-order valence-corrected chi connectivity index (χ1v) is 14.2. The van der Waals surface area contributed by atoms with Gasteiger partial charge in [-0.25, -0.2) is 4.98 Å². The maximum atomic E-state index is 12.5. The quantitative estimate of drug-likeness (QED) is 0.376. The average molecular weight is 573 g/mol. The topological polar surface area (TPSA) is 168 Å². The van der Waals surface area contributed by atoms with E-state index in [4.69, 9.17) is 17.3 Å². The molecule has 210 valence electrons. The summed E-state index contributed by atoms with van der Waals surface area (Å²) < 4.78 is 1.45. The highest BCUT2D eigenvalue weighted by molar-refractivity contribution is 6.36. The van der Waals surface area contributed by atoms with Crippen LogP contribution in [0.1, 0.15) is 36.9 Å². The van der Waals surface area contributed by atoms with Crippen molar-refractivity contribution in [3.63, 3.8) is 0 Å². The van der Waals surface area contributed by atoms with Gasteiger partial charge in [-0.2, -0.15) is 20.0 Å². The number of likely N-dealkylation sites (tertiary alicyclic amines) is 1. The standard InChI is InChI=1S/C27H29ClN12O/c28-22-20(34-26-35-23(33-17-1-2-17)24-32-13-18(12-30)40(24)36-26)9-16(11-29)10-21(22)38-7-5-37(6-8-38)19-14-39(15-19)25(41)27(31)3-4-27/h9-10,13,17,19H,1-8,14-15,31H2,(H2,33,34,35,36). The Morgan fingerprint density at radius 1 is 1.12 bits per heavy atom. The van der Waals surface area contributed by atoms with E-state index in [0.717, 1.165) is 70.6 Å². The number of fused-ring (bicyclic) bond motifs is 1. The Bertz CT molecular complexity index is 1620. The SMILES string of the molecule is N#Cc1cc(Nc2nc(NC3CC3)c3ncc(C#N)n3n2)c(Cl)c(N2CCN(C3CN(C(=O)C4(N)CC4)C3)CC2)c1. The number of aromatic nitrogens is 4. The molecule has 4 fully saturated rings. The summed E-state index contributed by atoms with van der Waals surface area (Å²) in [5, 5.41) is 30.8. The van der Waals surface area contributed by atoms with Crippen LogP contribution < -0.4 is 21.3 Å². The number of carbonyl (C=O) groups is 1. The molecule has 0 bridgehead atoms. The maximum absolute atomic E-state index is 12.5. The van der Waals surface area contributed by atoms with Gasteiger partial charge < -0.3 is 26.2 Å². The Labute approximate surface area is 241 Å². The van der Waals surface area contributed by atoms with Crippen molar-refractivity contribution >= 4 is 46.3 Å². The molecule has 4 aliphatic rings. The number of benzene rings is 1. The molecule has 0 unspecified atom stereocenters. The molecule has 2 saturated heterocycles. The number of halogens is 1. The zero-order chi connectivity index (χ0) is 28.3. The van der Waals surface area contributed by atoms with Crippen LogP contribution in [0.5, 0.6) is 0 Å². The second-order valence-corrected chi connectivity index (χ2v) is 11.7. The number of nitrogens with two attached hydrogens (primary N) is 1. The second kappa shape index (κ2) is 9.73. The van der Waals surface area contributed by atoms with Gasteiger partial charge in [-0.15, -0.1) is 5.10 Å². The van der Waals surface area contributed by atoms with Gasteiger partial charge in [0.05, 0.1) is 39.8 Å². The van der Waals surface area contributed by atoms with Crippen molar-refractivity contribution in [1.29, 1.82) is 10.5 Å². The second-order valence-electron chi connectivity index (χ2n) is 11.3. The number of piperazine rings is 1. The summed E-state index contributed by atoms with van der Waals surface area (Å²) in [6, 6.07) is 8.47. The third-order valence-corrected chi connectivity index (χ3v) is 8.76. The molecule has 2 aliphatic carbocycles. The van der Waals surface area contributed by atoms with E-state index in [0.29, 0.717) is 39.8 Å². The maximum Gasteiger partial charge on any atom is 0.247 e. The van der Waals surface area contributed by atoms with Gasteiger partial charge in [0.1, 0.15) is 6.07 Å². The summed E-state index contributed by atoms with van der Waals surface area (Å²) in [5.41, 5.74) is 7.95. The number of rotatable bonds is 7. The summed E-state index contributed by atoms with van der Waals surface area (Å²) in [5.74, 6) is 0.853. The summed E-state index contributed by atoms with van der Waals surface area (Å²) in [6.45, 7) is 4.56. The van der Waals surface area contributed by atoms with Crippen LogP contribution in [0.3, 0.4) is 0 Å². The predicted molar refractivity (Wildman–Crippen MR) is 152 cm³/mol. The molecule has 14 heteroatoms. The van der Waals surface area contributed by atoms with Crippen molar-refractivity contribution < 1.29 is 4.79 Å². The number of imidazole rings is 1. The zero-order valence-electron chi connectivity index (χ0n) is 22.3. The highest BCUT2D eigenvalue weighted by atomic mass is 35.5. The highest BCUT2D eigenvalue weighted by Crippen LogP contribution is 2.38. The first-order valence-electron chi connectivity index (χ1n) is 13.9. The molecule has 1 amide bonds. The molecule has 2 aromatic heterocycles. The predicted octanol–water partition coefficient (Wildman–Crippen LogP) is 1.66. The van der Waals surface area contributed by atoms with Crippen LogP contribution in [0, 0.1) is 22.7 Å². The van der Waals surface area contributed by atoms with Crippen LogP contribution in [0.25, 0.3) is 5.65 Å². The van der Waals surface area contributed by atoms with Crippen LogP contribution >= 0.6 is 11.6 Å². The van der Waals surface area contributed by atoms with E-state index in [9.17, 15) is 15.3 Å². The number of hydrogen-bond acceptors (Lipinski definition) is 11. The Morgan fingerprint density at radius 3 is 2.54 bits per heavy atom. The van der Waals surface area contributed by atoms with Crippen molar-refractivity contribution in [3.8, 4) is 12.1 Å². The van der Waals surface area contributed by atoms with Crippen LogP contribution in [0.15, 0.2) is 18.3 Å². The van der Waals surface area contributed by atoms with Gasteiger partial charge in [-0.05, 0) is 37.8 Å². The third-order valence-electron chi connectivity index (χ3n) is 8.36. The minimum atomic E-state index is -0.610. The Kier molecular flexibility index (Phi) is 6.12. The van der Waals surface area contributed by atoms with E-state index < -0.39 is 5.54 Å². The number of nitrogens with one attached hydrogen (secondary N) is 2.